The van der Waals surface area contributed by atoms with Crippen molar-refractivity contribution in [2.75, 3.05) is 25.5 Å². The van der Waals surface area contributed by atoms with Crippen LogP contribution in [0.2, 0.25) is 0 Å². The Balaban J connectivity index is 1.49. The maximum atomic E-state index is 12.5. The molecule has 0 radical (unpaired) electrons. The second-order valence-corrected chi connectivity index (χ2v) is 7.21. The summed E-state index contributed by atoms with van der Waals surface area (Å²) in [6.07, 6.45) is 1.63. The van der Waals surface area contributed by atoms with Gasteiger partial charge in [0.2, 0.25) is 5.91 Å². The average Bonchev–Trinajstić information content (AvgIpc) is 3.19. The maximum Gasteiger partial charge on any atom is 0.322 e. The van der Waals surface area contributed by atoms with Crippen LogP contribution in [0.4, 0.5) is 9.80 Å². The van der Waals surface area contributed by atoms with Crippen LogP contribution in [0.25, 0.3) is 0 Å². The van der Waals surface area contributed by atoms with E-state index >= 15 is 0 Å². The van der Waals surface area contributed by atoms with E-state index in [1.807, 2.05) is 41.8 Å². The maximum absolute atomic E-state index is 12.5. The van der Waals surface area contributed by atoms with E-state index in [0.717, 1.165) is 29.2 Å². The number of rotatable bonds is 5. The van der Waals surface area contributed by atoms with E-state index in [4.69, 9.17) is 4.74 Å². The van der Waals surface area contributed by atoms with Gasteiger partial charge in [0.05, 0.1) is 18.0 Å². The number of amides is 3. The molecule has 1 saturated heterocycles. The summed E-state index contributed by atoms with van der Waals surface area (Å²) in [5.41, 5.74) is 1.02. The van der Waals surface area contributed by atoms with E-state index in [9.17, 15) is 9.59 Å². The zero-order valence-corrected chi connectivity index (χ0v) is 15.6. The summed E-state index contributed by atoms with van der Waals surface area (Å²) in [4.78, 5) is 26.6. The summed E-state index contributed by atoms with van der Waals surface area (Å²) in [5.74, 6) is 0.616. The summed E-state index contributed by atoms with van der Waals surface area (Å²) in [5, 5.41) is 8.60. The molecule has 0 saturated carbocycles. The van der Waals surface area contributed by atoms with Crippen LogP contribution in [0.5, 0.6) is 5.75 Å². The lowest BCUT2D eigenvalue weighted by atomic mass is 9.97. The summed E-state index contributed by atoms with van der Waals surface area (Å²) in [7, 11) is 1.63. The highest BCUT2D eigenvalue weighted by atomic mass is 32.1. The van der Waals surface area contributed by atoms with Crippen molar-refractivity contribution in [3.8, 4) is 5.75 Å². The molecule has 0 aliphatic carbocycles. The Morgan fingerprint density at radius 1 is 1.27 bits per heavy atom. The number of ether oxygens (including phenoxy) is 1. The predicted molar refractivity (Wildman–Crippen MR) is 102 cm³/mol. The topological polar surface area (TPSA) is 70.7 Å². The zero-order chi connectivity index (χ0) is 18.4. The highest BCUT2D eigenvalue weighted by molar-refractivity contribution is 7.14. The monoisotopic (exact) mass is 373 g/mol. The predicted octanol–water partition coefficient (Wildman–Crippen LogP) is 3.32. The number of likely N-dealkylation sites (tertiary alicyclic amines) is 1. The van der Waals surface area contributed by atoms with Crippen LogP contribution in [0, 0.1) is 5.92 Å². The quantitative estimate of drug-likeness (QED) is 0.845. The third kappa shape index (κ3) is 4.76. The molecule has 1 aromatic heterocycles. The molecule has 3 rings (SSSR count). The van der Waals surface area contributed by atoms with Crippen LogP contribution in [-0.2, 0) is 11.3 Å². The van der Waals surface area contributed by atoms with E-state index in [1.165, 1.54) is 11.3 Å². The van der Waals surface area contributed by atoms with Gasteiger partial charge in [-0.3, -0.25) is 10.1 Å². The highest BCUT2D eigenvalue weighted by Crippen LogP contribution is 2.20. The van der Waals surface area contributed by atoms with Gasteiger partial charge in [0.15, 0.2) is 0 Å². The van der Waals surface area contributed by atoms with Gasteiger partial charge >= 0.3 is 6.03 Å². The molecule has 1 atom stereocenters. The first-order chi connectivity index (χ1) is 12.7. The van der Waals surface area contributed by atoms with Gasteiger partial charge in [-0.25, -0.2) is 4.79 Å². The number of nitrogens with zero attached hydrogens (tertiary/aromatic N) is 1. The second-order valence-electron chi connectivity index (χ2n) is 6.26. The molecule has 26 heavy (non-hydrogen) atoms. The van der Waals surface area contributed by atoms with E-state index in [-0.39, 0.29) is 17.9 Å². The minimum absolute atomic E-state index is 0.00515. The molecule has 1 fully saturated rings. The van der Waals surface area contributed by atoms with Gasteiger partial charge in [0.1, 0.15) is 5.75 Å². The van der Waals surface area contributed by atoms with Crippen molar-refractivity contribution in [2.45, 2.75) is 19.4 Å². The minimum atomic E-state index is -0.170. The van der Waals surface area contributed by atoms with Gasteiger partial charge in [-0.2, -0.15) is 0 Å². The smallest absolute Gasteiger partial charge is 0.322 e. The Bertz CT molecular complexity index is 731. The zero-order valence-electron chi connectivity index (χ0n) is 14.7. The van der Waals surface area contributed by atoms with E-state index in [2.05, 4.69) is 10.6 Å². The number of hydrogen-bond acceptors (Lipinski definition) is 4. The van der Waals surface area contributed by atoms with Crippen LogP contribution < -0.4 is 15.4 Å². The first-order valence-corrected chi connectivity index (χ1v) is 9.54. The summed E-state index contributed by atoms with van der Waals surface area (Å²) in [6, 6.07) is 11.2. The number of benzene rings is 1. The number of urea groups is 1. The number of hydrogen-bond donors (Lipinski definition) is 2. The average molecular weight is 373 g/mol. The minimum Gasteiger partial charge on any atom is -0.497 e. The van der Waals surface area contributed by atoms with Gasteiger partial charge in [-0.15, -0.1) is 11.3 Å². The third-order valence-corrected chi connectivity index (χ3v) is 5.24. The third-order valence-electron chi connectivity index (χ3n) is 4.46. The fourth-order valence-electron chi connectivity index (χ4n) is 2.99. The molecular weight excluding hydrogens is 350 g/mol. The Kier molecular flexibility index (Phi) is 6.12. The lowest BCUT2D eigenvalue weighted by Crippen LogP contribution is -2.46. The first kappa shape index (κ1) is 18.3. The van der Waals surface area contributed by atoms with Crippen LogP contribution in [0.1, 0.15) is 18.4 Å². The molecule has 2 heterocycles. The Morgan fingerprint density at radius 3 is 2.77 bits per heavy atom. The highest BCUT2D eigenvalue weighted by Gasteiger charge is 2.28. The largest absolute Gasteiger partial charge is 0.497 e. The number of anilines is 1. The van der Waals surface area contributed by atoms with Gasteiger partial charge in [0.25, 0.3) is 0 Å². The molecule has 2 aromatic rings. The number of nitrogens with one attached hydrogen (secondary N) is 2. The molecule has 138 valence electrons. The van der Waals surface area contributed by atoms with Crippen LogP contribution >= 0.6 is 11.3 Å². The van der Waals surface area contributed by atoms with Crippen molar-refractivity contribution in [2.24, 2.45) is 5.92 Å². The van der Waals surface area contributed by atoms with E-state index < -0.39 is 0 Å². The van der Waals surface area contributed by atoms with Crippen LogP contribution in [-0.4, -0.2) is 37.0 Å². The molecule has 2 N–H and O–H groups in total. The van der Waals surface area contributed by atoms with Gasteiger partial charge in [0, 0.05) is 19.6 Å². The van der Waals surface area contributed by atoms with E-state index in [0.29, 0.717) is 19.6 Å². The number of carbonyl (C=O) groups excluding carboxylic acids is 2. The van der Waals surface area contributed by atoms with Crippen molar-refractivity contribution in [1.82, 2.24) is 10.2 Å². The molecular formula is C19H23N3O3S. The van der Waals surface area contributed by atoms with Crippen molar-refractivity contribution >= 4 is 28.3 Å². The van der Waals surface area contributed by atoms with Crippen molar-refractivity contribution < 1.29 is 14.3 Å². The Hall–Kier alpha value is -2.54. The second kappa shape index (κ2) is 8.71. The SMILES string of the molecule is COc1ccc(CNC(=O)C2CCCN(C(=O)Nc3cccs3)C2)cc1. The Morgan fingerprint density at radius 2 is 2.08 bits per heavy atom. The van der Waals surface area contributed by atoms with E-state index in [1.54, 1.807) is 12.0 Å². The number of methoxy groups -OCH3 is 1. The molecule has 7 heteroatoms. The van der Waals surface area contributed by atoms with Crippen molar-refractivity contribution in [3.63, 3.8) is 0 Å². The fraction of sp³-hybridized carbons (Fsp3) is 0.368. The van der Waals surface area contributed by atoms with Gasteiger partial charge in [-0.05, 0) is 48.1 Å². The summed E-state index contributed by atoms with van der Waals surface area (Å²) >= 11 is 1.48. The first-order valence-electron chi connectivity index (χ1n) is 8.66. The molecule has 1 aliphatic heterocycles. The number of carbonyl (C=O) groups is 2. The molecule has 0 spiro atoms. The standard InChI is InChI=1S/C19H23N3O3S/c1-25-16-8-6-14(7-9-16)12-20-18(23)15-4-2-10-22(13-15)19(24)21-17-5-3-11-26-17/h3,5-9,11,15H,2,4,10,12-13H2,1H3,(H,20,23)(H,21,24). The fourth-order valence-corrected chi connectivity index (χ4v) is 3.59. The van der Waals surface area contributed by atoms with Gasteiger partial charge < -0.3 is 15.0 Å². The Labute approximate surface area is 157 Å². The van der Waals surface area contributed by atoms with Crippen LogP contribution in [0.15, 0.2) is 41.8 Å². The lowest BCUT2D eigenvalue weighted by Gasteiger charge is -2.31. The molecule has 6 nitrogen and oxygen atoms in total. The molecule has 1 aliphatic rings. The van der Waals surface area contributed by atoms with Gasteiger partial charge in [-0.1, -0.05) is 12.1 Å². The summed E-state index contributed by atoms with van der Waals surface area (Å²) in [6.45, 7) is 1.60. The normalized spacial score (nSPS) is 16.8. The van der Waals surface area contributed by atoms with Crippen LogP contribution in [0.3, 0.4) is 0 Å². The molecule has 0 bridgehead atoms. The van der Waals surface area contributed by atoms with Crippen molar-refractivity contribution in [1.29, 1.82) is 0 Å². The molecule has 1 aromatic carbocycles. The molecule has 3 amide bonds. The number of thiophene rings is 1. The number of piperidine rings is 1. The summed E-state index contributed by atoms with van der Waals surface area (Å²) < 4.78 is 5.13. The van der Waals surface area contributed by atoms with Crippen molar-refractivity contribution in [3.05, 3.63) is 47.3 Å². The molecule has 1 unspecified atom stereocenters. The lowest BCUT2D eigenvalue weighted by molar-refractivity contribution is -0.126.